The predicted octanol–water partition coefficient (Wildman–Crippen LogP) is 5.71. The molecule has 6 nitrogen and oxygen atoms in total. The molecule has 0 fully saturated rings. The van der Waals surface area contributed by atoms with Crippen LogP contribution in [0.2, 0.25) is 0 Å². The summed E-state index contributed by atoms with van der Waals surface area (Å²) in [5.74, 6) is -0.721. The van der Waals surface area contributed by atoms with Crippen LogP contribution in [0.4, 0.5) is 4.39 Å². The number of hydrogen-bond donors (Lipinski definition) is 1. The average molecular weight is 487 g/mol. The SMILES string of the molecule is CCOC(=O)CNC(=O)c1c(C)c(-c2ccc(-c3ccccc3OCC)cc2)nc2ccc(F)cc12. The number of halogens is 1. The third-order valence-corrected chi connectivity index (χ3v) is 5.77. The van der Waals surface area contributed by atoms with Gasteiger partial charge >= 0.3 is 5.97 Å². The van der Waals surface area contributed by atoms with Gasteiger partial charge in [-0.25, -0.2) is 9.37 Å². The Hall–Kier alpha value is -4.26. The van der Waals surface area contributed by atoms with E-state index in [1.165, 1.54) is 12.1 Å². The lowest BCUT2D eigenvalue weighted by atomic mass is 9.95. The summed E-state index contributed by atoms with van der Waals surface area (Å²) in [6.45, 7) is 5.90. The van der Waals surface area contributed by atoms with Gasteiger partial charge in [0.15, 0.2) is 0 Å². The Labute approximate surface area is 209 Å². The highest BCUT2D eigenvalue weighted by Crippen LogP contribution is 2.34. The predicted molar refractivity (Wildman–Crippen MR) is 137 cm³/mol. The lowest BCUT2D eigenvalue weighted by Crippen LogP contribution is -2.31. The van der Waals surface area contributed by atoms with Crippen LogP contribution in [0.5, 0.6) is 5.75 Å². The van der Waals surface area contributed by atoms with E-state index >= 15 is 0 Å². The maximum Gasteiger partial charge on any atom is 0.325 e. The van der Waals surface area contributed by atoms with Crippen molar-refractivity contribution in [3.8, 4) is 28.1 Å². The van der Waals surface area contributed by atoms with Gasteiger partial charge in [0.1, 0.15) is 18.1 Å². The van der Waals surface area contributed by atoms with Crippen molar-refractivity contribution >= 4 is 22.8 Å². The minimum atomic E-state index is -0.545. The van der Waals surface area contributed by atoms with Crippen molar-refractivity contribution in [2.75, 3.05) is 19.8 Å². The quantitative estimate of drug-likeness (QED) is 0.323. The first-order valence-electron chi connectivity index (χ1n) is 11.8. The highest BCUT2D eigenvalue weighted by atomic mass is 19.1. The Kier molecular flexibility index (Phi) is 7.59. The fraction of sp³-hybridized carbons (Fsp3) is 0.207. The topological polar surface area (TPSA) is 77.5 Å². The lowest BCUT2D eigenvalue weighted by Gasteiger charge is -2.15. The van der Waals surface area contributed by atoms with Crippen LogP contribution in [0, 0.1) is 12.7 Å². The van der Waals surface area contributed by atoms with Crippen LogP contribution in [-0.2, 0) is 9.53 Å². The number of rotatable bonds is 8. The maximum absolute atomic E-state index is 14.1. The molecule has 36 heavy (non-hydrogen) atoms. The summed E-state index contributed by atoms with van der Waals surface area (Å²) < 4.78 is 24.8. The molecule has 1 aromatic heterocycles. The van der Waals surface area contributed by atoms with E-state index in [2.05, 4.69) is 5.32 Å². The van der Waals surface area contributed by atoms with Crippen molar-refractivity contribution < 1.29 is 23.5 Å². The number of carbonyl (C=O) groups is 2. The van der Waals surface area contributed by atoms with Crippen molar-refractivity contribution in [2.45, 2.75) is 20.8 Å². The molecule has 3 aromatic carbocycles. The molecule has 0 aliphatic rings. The zero-order chi connectivity index (χ0) is 25.7. The summed E-state index contributed by atoms with van der Waals surface area (Å²) in [5, 5.41) is 2.96. The minimum Gasteiger partial charge on any atom is -0.493 e. The van der Waals surface area contributed by atoms with E-state index < -0.39 is 17.7 Å². The summed E-state index contributed by atoms with van der Waals surface area (Å²) in [7, 11) is 0. The smallest absolute Gasteiger partial charge is 0.325 e. The van der Waals surface area contributed by atoms with Gasteiger partial charge < -0.3 is 14.8 Å². The van der Waals surface area contributed by atoms with Crippen molar-refractivity contribution in [3.63, 3.8) is 0 Å². The van der Waals surface area contributed by atoms with Crippen LogP contribution >= 0.6 is 0 Å². The van der Waals surface area contributed by atoms with Crippen molar-refractivity contribution in [3.05, 3.63) is 83.7 Å². The fourth-order valence-electron chi connectivity index (χ4n) is 4.15. The largest absolute Gasteiger partial charge is 0.493 e. The van der Waals surface area contributed by atoms with Gasteiger partial charge in [0.2, 0.25) is 0 Å². The van der Waals surface area contributed by atoms with Crippen LogP contribution in [0.1, 0.15) is 29.8 Å². The fourth-order valence-corrected chi connectivity index (χ4v) is 4.15. The number of pyridine rings is 1. The van der Waals surface area contributed by atoms with E-state index in [0.717, 1.165) is 22.4 Å². The molecule has 0 saturated carbocycles. The molecule has 0 spiro atoms. The van der Waals surface area contributed by atoms with E-state index in [1.54, 1.807) is 19.9 Å². The molecule has 0 aliphatic carbocycles. The summed E-state index contributed by atoms with van der Waals surface area (Å²) in [6.07, 6.45) is 0. The van der Waals surface area contributed by atoms with Crippen LogP contribution in [0.25, 0.3) is 33.3 Å². The van der Waals surface area contributed by atoms with Gasteiger partial charge in [0.25, 0.3) is 5.91 Å². The number of hydrogen-bond acceptors (Lipinski definition) is 5. The Morgan fingerprint density at radius 3 is 2.39 bits per heavy atom. The first kappa shape index (κ1) is 24.9. The van der Waals surface area contributed by atoms with Crippen molar-refractivity contribution in [1.29, 1.82) is 0 Å². The monoisotopic (exact) mass is 486 g/mol. The average Bonchev–Trinajstić information content (AvgIpc) is 2.88. The number of esters is 1. The second kappa shape index (κ2) is 11.0. The lowest BCUT2D eigenvalue weighted by molar-refractivity contribution is -0.141. The second-order valence-corrected chi connectivity index (χ2v) is 8.12. The molecule has 1 amide bonds. The minimum absolute atomic E-state index is 0.215. The summed E-state index contributed by atoms with van der Waals surface area (Å²) in [6, 6.07) is 19.8. The summed E-state index contributed by atoms with van der Waals surface area (Å²) >= 11 is 0. The molecule has 1 N–H and O–H groups in total. The number of benzene rings is 3. The van der Waals surface area contributed by atoms with Gasteiger partial charge in [-0.15, -0.1) is 0 Å². The van der Waals surface area contributed by atoms with E-state index in [0.29, 0.717) is 28.8 Å². The second-order valence-electron chi connectivity index (χ2n) is 8.12. The highest BCUT2D eigenvalue weighted by molar-refractivity contribution is 6.09. The Balaban J connectivity index is 1.76. The molecule has 0 saturated heterocycles. The number of amides is 1. The van der Waals surface area contributed by atoms with Gasteiger partial charge in [0.05, 0.1) is 30.0 Å². The highest BCUT2D eigenvalue weighted by Gasteiger charge is 2.20. The van der Waals surface area contributed by atoms with Crippen LogP contribution < -0.4 is 10.1 Å². The Bertz CT molecular complexity index is 1420. The van der Waals surface area contributed by atoms with Crippen molar-refractivity contribution in [1.82, 2.24) is 10.3 Å². The van der Waals surface area contributed by atoms with Crippen LogP contribution in [0.3, 0.4) is 0 Å². The first-order chi connectivity index (χ1) is 17.4. The maximum atomic E-state index is 14.1. The Morgan fingerprint density at radius 2 is 1.67 bits per heavy atom. The van der Waals surface area contributed by atoms with Crippen LogP contribution in [-0.4, -0.2) is 36.6 Å². The zero-order valence-corrected chi connectivity index (χ0v) is 20.4. The van der Waals surface area contributed by atoms with Gasteiger partial charge in [-0.1, -0.05) is 42.5 Å². The number of ether oxygens (including phenoxy) is 2. The molecular weight excluding hydrogens is 459 g/mol. The van der Waals surface area contributed by atoms with Gasteiger partial charge in [0, 0.05) is 16.5 Å². The van der Waals surface area contributed by atoms with E-state index in [1.807, 2.05) is 55.5 Å². The first-order valence-corrected chi connectivity index (χ1v) is 11.8. The van der Waals surface area contributed by atoms with Crippen molar-refractivity contribution in [2.24, 2.45) is 0 Å². The molecule has 184 valence electrons. The zero-order valence-electron chi connectivity index (χ0n) is 20.4. The van der Waals surface area contributed by atoms with E-state index in [4.69, 9.17) is 14.5 Å². The molecule has 4 rings (SSSR count). The number of fused-ring (bicyclic) bond motifs is 1. The molecule has 0 atom stereocenters. The van der Waals surface area contributed by atoms with E-state index in [-0.39, 0.29) is 18.7 Å². The molecule has 0 unspecified atom stereocenters. The summed E-state index contributed by atoms with van der Waals surface area (Å²) in [4.78, 5) is 29.6. The number of para-hydroxylation sites is 1. The molecule has 7 heteroatoms. The third-order valence-electron chi connectivity index (χ3n) is 5.77. The Morgan fingerprint density at radius 1 is 0.944 bits per heavy atom. The molecule has 4 aromatic rings. The molecular formula is C29H27FN2O4. The van der Waals surface area contributed by atoms with Gasteiger partial charge in [-0.05, 0) is 56.2 Å². The normalized spacial score (nSPS) is 10.8. The number of nitrogens with one attached hydrogen (secondary N) is 1. The number of carbonyl (C=O) groups excluding carboxylic acids is 2. The molecule has 0 radical (unpaired) electrons. The van der Waals surface area contributed by atoms with E-state index in [9.17, 15) is 14.0 Å². The van der Waals surface area contributed by atoms with Gasteiger partial charge in [-0.3, -0.25) is 9.59 Å². The standard InChI is InChI=1S/C29H27FN2O4/c1-4-35-25-9-7-6-8-22(25)19-10-12-20(13-11-19)28-18(3)27(29(34)31-17-26(33)36-5-2)23-16-21(30)14-15-24(23)32-28/h6-16H,4-5,17H2,1-3H3,(H,31,34). The van der Waals surface area contributed by atoms with Gasteiger partial charge in [-0.2, -0.15) is 0 Å². The molecule has 1 heterocycles. The third kappa shape index (κ3) is 5.20. The molecule has 0 bridgehead atoms. The number of aromatic nitrogens is 1. The molecule has 0 aliphatic heterocycles. The van der Waals surface area contributed by atoms with Crippen LogP contribution in [0.15, 0.2) is 66.7 Å². The number of nitrogens with zero attached hydrogens (tertiary/aromatic N) is 1. The summed E-state index contributed by atoms with van der Waals surface area (Å²) in [5.41, 5.74) is 4.68.